The van der Waals surface area contributed by atoms with Crippen LogP contribution >= 0.6 is 24.8 Å². The Morgan fingerprint density at radius 2 is 1.43 bits per heavy atom. The van der Waals surface area contributed by atoms with Crippen LogP contribution in [0.5, 0.6) is 5.75 Å². The monoisotopic (exact) mass is 324 g/mol. The van der Waals surface area contributed by atoms with Crippen molar-refractivity contribution in [1.82, 2.24) is 0 Å². The Bertz CT molecular complexity index is 267. The molecule has 0 heterocycles. The Morgan fingerprint density at radius 1 is 1.00 bits per heavy atom. The zero-order chi connectivity index (χ0) is 8.48. The first-order chi connectivity index (χ1) is 5.02. The molecule has 1 nitrogen and oxygen atoms in total. The summed E-state index contributed by atoms with van der Waals surface area (Å²) >= 11 is 0. The molecule has 14 heavy (non-hydrogen) atoms. The first-order valence-corrected chi connectivity index (χ1v) is 2.87. The molecule has 0 aliphatic rings. The van der Waals surface area contributed by atoms with Crippen molar-refractivity contribution in [3.8, 4) is 5.75 Å². The van der Waals surface area contributed by atoms with E-state index in [9.17, 15) is 13.2 Å². The Kier molecular flexibility index (Phi) is 10.7. The quantitative estimate of drug-likeness (QED) is 0.776. The second kappa shape index (κ2) is 7.55. The summed E-state index contributed by atoms with van der Waals surface area (Å²) in [5.41, 5.74) is -1.000. The Hall–Kier alpha value is 0.273. The molecule has 0 amide bonds. The van der Waals surface area contributed by atoms with Gasteiger partial charge in [-0.2, -0.15) is 13.2 Å². The molecule has 0 fully saturated rings. The zero-order valence-corrected chi connectivity index (χ0v) is 10.8. The maximum Gasteiger partial charge on any atom is 0.419 e. The molecular weight excluding hydrogens is 319 g/mol. The summed E-state index contributed by atoms with van der Waals surface area (Å²) in [5.74, 6) is -0.736. The van der Waals surface area contributed by atoms with Crippen molar-refractivity contribution < 1.29 is 44.5 Å². The molecule has 0 bridgehead atoms. The van der Waals surface area contributed by atoms with Gasteiger partial charge >= 0.3 is 6.18 Å². The summed E-state index contributed by atoms with van der Waals surface area (Å²) in [5, 5.41) is 8.73. The maximum absolute atomic E-state index is 11.9. The fraction of sp³-hybridized carbons (Fsp3) is 0.143. The van der Waals surface area contributed by atoms with E-state index in [2.05, 4.69) is 0 Å². The van der Waals surface area contributed by atoms with Crippen LogP contribution in [0.3, 0.4) is 0 Å². The molecule has 0 saturated heterocycles. The maximum atomic E-state index is 11.9. The molecule has 0 aromatic heterocycles. The molecule has 1 rings (SSSR count). The molecule has 1 N–H and O–H groups in total. The minimum Gasteiger partial charge on any atom is -0.507 e. The molecule has 0 saturated carbocycles. The Morgan fingerprint density at radius 3 is 1.71 bits per heavy atom. The first kappa shape index (κ1) is 19.8. The van der Waals surface area contributed by atoms with Crippen LogP contribution < -0.4 is 0 Å². The van der Waals surface area contributed by atoms with E-state index < -0.39 is 17.5 Å². The van der Waals surface area contributed by atoms with E-state index in [4.69, 9.17) is 5.11 Å². The zero-order valence-electron chi connectivity index (χ0n) is 6.71. The van der Waals surface area contributed by atoms with Crippen molar-refractivity contribution >= 4 is 24.8 Å². The van der Waals surface area contributed by atoms with Gasteiger partial charge in [-0.25, -0.2) is 0 Å². The predicted octanol–water partition coefficient (Wildman–Crippen LogP) is 3.25. The van der Waals surface area contributed by atoms with Crippen LogP contribution in [0.1, 0.15) is 5.56 Å². The van der Waals surface area contributed by atoms with Gasteiger partial charge in [0, 0.05) is 26.2 Å². The molecule has 0 atom stereocenters. The van der Waals surface area contributed by atoms with Crippen molar-refractivity contribution in [2.24, 2.45) is 0 Å². The number of benzene rings is 1. The third kappa shape index (κ3) is 5.23. The van der Waals surface area contributed by atoms with Crippen LogP contribution in [0.25, 0.3) is 0 Å². The Labute approximate surface area is 111 Å². The molecular formula is C7H7Cl2F3OZr. The average molecular weight is 326 g/mol. The van der Waals surface area contributed by atoms with E-state index in [0.717, 1.165) is 12.1 Å². The first-order valence-electron chi connectivity index (χ1n) is 2.87. The van der Waals surface area contributed by atoms with E-state index in [1.807, 2.05) is 0 Å². The molecule has 1 aromatic carbocycles. The number of alkyl halides is 3. The molecule has 0 aliphatic heterocycles. The Balaban J connectivity index is -0.000000403. The van der Waals surface area contributed by atoms with Crippen LogP contribution in [0.4, 0.5) is 13.2 Å². The van der Waals surface area contributed by atoms with E-state index >= 15 is 0 Å². The molecule has 80 valence electrons. The fourth-order valence-electron chi connectivity index (χ4n) is 0.713. The second-order valence-electron chi connectivity index (χ2n) is 2.01. The van der Waals surface area contributed by atoms with Gasteiger partial charge in [0.05, 0.1) is 5.56 Å². The summed E-state index contributed by atoms with van der Waals surface area (Å²) in [6.07, 6.45) is -4.47. The summed E-state index contributed by atoms with van der Waals surface area (Å²) in [7, 11) is 0. The van der Waals surface area contributed by atoms with Crippen molar-refractivity contribution in [1.29, 1.82) is 0 Å². The fourth-order valence-corrected chi connectivity index (χ4v) is 0.713. The van der Waals surface area contributed by atoms with Gasteiger partial charge < -0.3 is 5.11 Å². The molecule has 0 unspecified atom stereocenters. The molecule has 0 radical (unpaired) electrons. The van der Waals surface area contributed by atoms with Gasteiger partial charge in [-0.15, -0.1) is 24.8 Å². The standard InChI is InChI=1S/C7H5F3O.2ClH.Zr/c8-7(9,10)5-3-1-2-4-6(5)11;;;/h1-4,11H;2*1H;. The molecule has 0 aliphatic carbocycles. The molecule has 7 heteroatoms. The summed E-state index contributed by atoms with van der Waals surface area (Å²) in [4.78, 5) is 0. The topological polar surface area (TPSA) is 20.2 Å². The summed E-state index contributed by atoms with van der Waals surface area (Å²) < 4.78 is 35.7. The average Bonchev–Trinajstić information content (AvgIpc) is 1.86. The number of para-hydroxylation sites is 1. The minimum atomic E-state index is -4.47. The van der Waals surface area contributed by atoms with Crippen molar-refractivity contribution in [3.63, 3.8) is 0 Å². The van der Waals surface area contributed by atoms with Gasteiger partial charge in [0.25, 0.3) is 0 Å². The second-order valence-corrected chi connectivity index (χ2v) is 2.01. The SMILES string of the molecule is Cl.Cl.Oc1ccccc1C(F)(F)F.[Zr]. The largest absolute Gasteiger partial charge is 0.507 e. The smallest absolute Gasteiger partial charge is 0.419 e. The van der Waals surface area contributed by atoms with Crippen LogP contribution in [-0.4, -0.2) is 5.11 Å². The number of aromatic hydroxyl groups is 1. The van der Waals surface area contributed by atoms with Crippen molar-refractivity contribution in [2.45, 2.75) is 6.18 Å². The van der Waals surface area contributed by atoms with Gasteiger partial charge in [0.15, 0.2) is 0 Å². The van der Waals surface area contributed by atoms with E-state index in [0.29, 0.717) is 0 Å². The number of rotatable bonds is 0. The van der Waals surface area contributed by atoms with Gasteiger partial charge in [-0.3, -0.25) is 0 Å². The van der Waals surface area contributed by atoms with Crippen molar-refractivity contribution in [2.75, 3.05) is 0 Å². The number of hydrogen-bond donors (Lipinski definition) is 1. The normalized spacial score (nSPS) is 9.07. The molecule has 0 spiro atoms. The van der Waals surface area contributed by atoms with Gasteiger partial charge in [-0.05, 0) is 12.1 Å². The van der Waals surface area contributed by atoms with Crippen LogP contribution in [-0.2, 0) is 32.4 Å². The van der Waals surface area contributed by atoms with Gasteiger partial charge in [0.2, 0.25) is 0 Å². The van der Waals surface area contributed by atoms with E-state index in [1.165, 1.54) is 12.1 Å². The predicted molar refractivity (Wildman–Crippen MR) is 47.6 cm³/mol. The van der Waals surface area contributed by atoms with E-state index in [-0.39, 0.29) is 51.0 Å². The van der Waals surface area contributed by atoms with E-state index in [1.54, 1.807) is 0 Å². The van der Waals surface area contributed by atoms with Crippen LogP contribution in [0, 0.1) is 0 Å². The summed E-state index contributed by atoms with van der Waals surface area (Å²) in [6.45, 7) is 0. The number of hydrogen-bond acceptors (Lipinski definition) is 1. The number of halogens is 5. The minimum absolute atomic E-state index is 0. The van der Waals surface area contributed by atoms with Crippen molar-refractivity contribution in [3.05, 3.63) is 29.8 Å². The van der Waals surface area contributed by atoms with Gasteiger partial charge in [0.1, 0.15) is 5.75 Å². The third-order valence-electron chi connectivity index (χ3n) is 1.21. The third-order valence-corrected chi connectivity index (χ3v) is 1.21. The van der Waals surface area contributed by atoms with Crippen LogP contribution in [0.15, 0.2) is 24.3 Å². The molecule has 1 aromatic rings. The van der Waals surface area contributed by atoms with Gasteiger partial charge in [-0.1, -0.05) is 12.1 Å². The van der Waals surface area contributed by atoms with Crippen LogP contribution in [0.2, 0.25) is 0 Å². The number of phenols is 1. The summed E-state index contributed by atoms with van der Waals surface area (Å²) in [6, 6.07) is 4.39. The number of phenolic OH excluding ortho intramolecular Hbond substituents is 1.